The lowest BCUT2D eigenvalue weighted by molar-refractivity contribution is -0.137. The van der Waals surface area contributed by atoms with E-state index in [1.54, 1.807) is 31.2 Å². The monoisotopic (exact) mass is 262 g/mol. The van der Waals surface area contributed by atoms with E-state index in [9.17, 15) is 14.4 Å². The SMILES string of the molecule is CC1C(=O)NC(=O)CN1C(=O)Nc1cccc(N)c1. The summed E-state index contributed by atoms with van der Waals surface area (Å²) in [4.78, 5) is 35.9. The van der Waals surface area contributed by atoms with Gasteiger partial charge in [-0.05, 0) is 25.1 Å². The quantitative estimate of drug-likeness (QED) is 0.495. The molecule has 4 amide bonds. The van der Waals surface area contributed by atoms with Gasteiger partial charge in [0.05, 0.1) is 0 Å². The van der Waals surface area contributed by atoms with Crippen molar-refractivity contribution >= 4 is 29.2 Å². The summed E-state index contributed by atoms with van der Waals surface area (Å²) in [5, 5.41) is 4.77. The molecule has 0 saturated carbocycles. The Morgan fingerprint density at radius 2 is 2.21 bits per heavy atom. The second kappa shape index (κ2) is 4.97. The van der Waals surface area contributed by atoms with Crippen LogP contribution >= 0.6 is 0 Å². The van der Waals surface area contributed by atoms with Crippen molar-refractivity contribution in [1.29, 1.82) is 0 Å². The molecule has 2 rings (SSSR count). The van der Waals surface area contributed by atoms with E-state index in [0.29, 0.717) is 11.4 Å². The Hall–Kier alpha value is -2.57. The first-order valence-electron chi connectivity index (χ1n) is 5.74. The van der Waals surface area contributed by atoms with Crippen LogP contribution in [0.1, 0.15) is 6.92 Å². The van der Waals surface area contributed by atoms with E-state index in [4.69, 9.17) is 5.73 Å². The van der Waals surface area contributed by atoms with Crippen molar-refractivity contribution in [3.05, 3.63) is 24.3 Å². The van der Waals surface area contributed by atoms with Crippen LogP contribution in [0.4, 0.5) is 16.2 Å². The number of hydrogen-bond acceptors (Lipinski definition) is 4. The van der Waals surface area contributed by atoms with E-state index in [-0.39, 0.29) is 6.54 Å². The Morgan fingerprint density at radius 1 is 1.47 bits per heavy atom. The fourth-order valence-corrected chi connectivity index (χ4v) is 1.77. The maximum Gasteiger partial charge on any atom is 0.322 e. The molecule has 1 atom stereocenters. The van der Waals surface area contributed by atoms with Gasteiger partial charge in [-0.2, -0.15) is 0 Å². The van der Waals surface area contributed by atoms with Crippen LogP contribution in [-0.2, 0) is 9.59 Å². The number of amides is 4. The number of hydrogen-bond donors (Lipinski definition) is 3. The molecule has 1 unspecified atom stereocenters. The Kier molecular flexibility index (Phi) is 3.37. The van der Waals surface area contributed by atoms with E-state index in [1.165, 1.54) is 4.90 Å². The second-order valence-corrected chi connectivity index (χ2v) is 4.27. The zero-order valence-corrected chi connectivity index (χ0v) is 10.3. The highest BCUT2D eigenvalue weighted by molar-refractivity contribution is 6.05. The van der Waals surface area contributed by atoms with Crippen molar-refractivity contribution in [2.45, 2.75) is 13.0 Å². The van der Waals surface area contributed by atoms with Crippen molar-refractivity contribution < 1.29 is 14.4 Å². The molecule has 0 aromatic heterocycles. The molecule has 1 aromatic rings. The third-order valence-corrected chi connectivity index (χ3v) is 2.82. The molecule has 4 N–H and O–H groups in total. The molecule has 100 valence electrons. The number of nitrogens with two attached hydrogens (primary N) is 1. The van der Waals surface area contributed by atoms with Gasteiger partial charge in [0.1, 0.15) is 12.6 Å². The van der Waals surface area contributed by atoms with Crippen molar-refractivity contribution in [3.63, 3.8) is 0 Å². The Morgan fingerprint density at radius 3 is 2.89 bits per heavy atom. The average Bonchev–Trinajstić information content (AvgIpc) is 2.33. The zero-order valence-electron chi connectivity index (χ0n) is 10.3. The van der Waals surface area contributed by atoms with Gasteiger partial charge in [-0.25, -0.2) is 4.79 Å². The number of piperazine rings is 1. The number of carbonyl (C=O) groups is 3. The lowest BCUT2D eigenvalue weighted by atomic mass is 10.2. The van der Waals surface area contributed by atoms with Gasteiger partial charge in [0.2, 0.25) is 11.8 Å². The van der Waals surface area contributed by atoms with E-state index in [0.717, 1.165) is 0 Å². The van der Waals surface area contributed by atoms with Gasteiger partial charge >= 0.3 is 6.03 Å². The first-order chi connectivity index (χ1) is 8.97. The number of imide groups is 1. The first-order valence-corrected chi connectivity index (χ1v) is 5.74. The van der Waals surface area contributed by atoms with Crippen molar-refractivity contribution in [2.75, 3.05) is 17.6 Å². The van der Waals surface area contributed by atoms with Gasteiger partial charge in [0.15, 0.2) is 0 Å². The van der Waals surface area contributed by atoms with E-state index < -0.39 is 23.9 Å². The summed E-state index contributed by atoms with van der Waals surface area (Å²) >= 11 is 0. The highest BCUT2D eigenvalue weighted by Crippen LogP contribution is 2.14. The predicted octanol–water partition coefficient (Wildman–Crippen LogP) is 0.148. The summed E-state index contributed by atoms with van der Waals surface area (Å²) in [6, 6.07) is 5.44. The van der Waals surface area contributed by atoms with Crippen molar-refractivity contribution in [2.24, 2.45) is 0 Å². The van der Waals surface area contributed by atoms with Gasteiger partial charge in [-0.15, -0.1) is 0 Å². The molecule has 0 radical (unpaired) electrons. The maximum atomic E-state index is 12.0. The van der Waals surface area contributed by atoms with E-state index in [1.807, 2.05) is 0 Å². The van der Waals surface area contributed by atoms with Crippen LogP contribution in [-0.4, -0.2) is 35.3 Å². The molecular formula is C12H14N4O3. The summed E-state index contributed by atoms with van der Waals surface area (Å²) < 4.78 is 0. The van der Waals surface area contributed by atoms with Gasteiger partial charge in [-0.3, -0.25) is 14.9 Å². The smallest absolute Gasteiger partial charge is 0.322 e. The molecule has 1 aromatic carbocycles. The van der Waals surface area contributed by atoms with E-state index in [2.05, 4.69) is 10.6 Å². The average molecular weight is 262 g/mol. The largest absolute Gasteiger partial charge is 0.399 e. The summed E-state index contributed by atoms with van der Waals surface area (Å²) in [5.74, 6) is -0.982. The number of urea groups is 1. The lowest BCUT2D eigenvalue weighted by Gasteiger charge is -2.31. The van der Waals surface area contributed by atoms with Crippen LogP contribution in [0.25, 0.3) is 0 Å². The molecular weight excluding hydrogens is 248 g/mol. The fraction of sp³-hybridized carbons (Fsp3) is 0.250. The second-order valence-electron chi connectivity index (χ2n) is 4.27. The fourth-order valence-electron chi connectivity index (χ4n) is 1.77. The number of nitrogen functional groups attached to an aromatic ring is 1. The summed E-state index contributed by atoms with van der Waals surface area (Å²) in [6.45, 7) is 1.40. The summed E-state index contributed by atoms with van der Waals surface area (Å²) in [5.41, 5.74) is 6.62. The standard InChI is InChI=1S/C12H14N4O3/c1-7-11(18)15-10(17)6-16(7)12(19)14-9-4-2-3-8(13)5-9/h2-5,7H,6,13H2,1H3,(H,14,19)(H,15,17,18). The van der Waals surface area contributed by atoms with Crippen LogP contribution in [0.2, 0.25) is 0 Å². The highest BCUT2D eigenvalue weighted by atomic mass is 16.2. The number of nitrogens with zero attached hydrogens (tertiary/aromatic N) is 1. The molecule has 1 aliphatic rings. The topological polar surface area (TPSA) is 105 Å². The van der Waals surface area contributed by atoms with Gasteiger partial charge in [0.25, 0.3) is 0 Å². The summed E-state index contributed by atoms with van der Waals surface area (Å²) in [7, 11) is 0. The number of anilines is 2. The maximum absolute atomic E-state index is 12.0. The van der Waals surface area contributed by atoms with Crippen LogP contribution in [0, 0.1) is 0 Å². The minimum atomic E-state index is -0.696. The van der Waals surface area contributed by atoms with Gasteiger partial charge in [0, 0.05) is 11.4 Å². The third-order valence-electron chi connectivity index (χ3n) is 2.82. The molecule has 1 fully saturated rings. The van der Waals surface area contributed by atoms with Crippen molar-refractivity contribution in [1.82, 2.24) is 10.2 Å². The Bertz CT molecular complexity index is 544. The van der Waals surface area contributed by atoms with Crippen LogP contribution in [0.3, 0.4) is 0 Å². The molecule has 19 heavy (non-hydrogen) atoms. The molecule has 1 aliphatic heterocycles. The molecule has 0 spiro atoms. The Balaban J connectivity index is 2.11. The zero-order chi connectivity index (χ0) is 14.0. The minimum absolute atomic E-state index is 0.152. The molecule has 0 aliphatic carbocycles. The van der Waals surface area contributed by atoms with Gasteiger partial charge < -0.3 is 16.0 Å². The molecule has 7 nitrogen and oxygen atoms in total. The molecule has 1 saturated heterocycles. The Labute approximate surface area is 109 Å². The number of nitrogens with one attached hydrogen (secondary N) is 2. The van der Waals surface area contributed by atoms with Crippen LogP contribution < -0.4 is 16.4 Å². The summed E-state index contributed by atoms with van der Waals surface area (Å²) in [6.07, 6.45) is 0. The third kappa shape index (κ3) is 2.82. The molecule has 0 bridgehead atoms. The minimum Gasteiger partial charge on any atom is -0.399 e. The van der Waals surface area contributed by atoms with E-state index >= 15 is 0 Å². The van der Waals surface area contributed by atoms with Crippen LogP contribution in [0.5, 0.6) is 0 Å². The highest BCUT2D eigenvalue weighted by Gasteiger charge is 2.33. The number of carbonyl (C=O) groups excluding carboxylic acids is 3. The first kappa shape index (κ1) is 12.9. The number of rotatable bonds is 1. The van der Waals surface area contributed by atoms with Gasteiger partial charge in [-0.1, -0.05) is 6.07 Å². The normalized spacial score (nSPS) is 19.0. The molecule has 1 heterocycles. The lowest BCUT2D eigenvalue weighted by Crippen LogP contribution is -2.59. The number of benzene rings is 1. The van der Waals surface area contributed by atoms with Crippen LogP contribution in [0.15, 0.2) is 24.3 Å². The molecule has 7 heteroatoms. The predicted molar refractivity (Wildman–Crippen MR) is 69.2 cm³/mol. The van der Waals surface area contributed by atoms with Crippen molar-refractivity contribution in [3.8, 4) is 0 Å².